The van der Waals surface area contributed by atoms with Crippen molar-refractivity contribution in [3.05, 3.63) is 52.3 Å². The Bertz CT molecular complexity index is 630. The molecule has 20 heavy (non-hydrogen) atoms. The number of hydrogen-bond donors (Lipinski definition) is 0. The quantitative estimate of drug-likeness (QED) is 0.786. The molecule has 0 bridgehead atoms. The number of halogens is 2. The van der Waals surface area contributed by atoms with Gasteiger partial charge in [-0.15, -0.1) is 0 Å². The van der Waals surface area contributed by atoms with Crippen LogP contribution < -0.4 is 9.80 Å². The van der Waals surface area contributed by atoms with Crippen molar-refractivity contribution in [1.82, 2.24) is 4.98 Å². The van der Waals surface area contributed by atoms with E-state index in [9.17, 15) is 0 Å². The van der Waals surface area contributed by atoms with E-state index < -0.39 is 0 Å². The molecule has 0 saturated heterocycles. The molecule has 3 rings (SSSR count). The van der Waals surface area contributed by atoms with E-state index >= 15 is 0 Å². The topological polar surface area (TPSA) is 19.4 Å². The fourth-order valence-electron chi connectivity index (χ4n) is 2.49. The lowest BCUT2D eigenvalue weighted by molar-refractivity contribution is 0.733. The van der Waals surface area contributed by atoms with Gasteiger partial charge in [0.1, 0.15) is 5.15 Å². The minimum Gasteiger partial charge on any atom is -0.371 e. The van der Waals surface area contributed by atoms with Gasteiger partial charge in [-0.1, -0.05) is 35.3 Å². The molecule has 3 nitrogen and oxygen atoms in total. The molecule has 0 N–H and O–H groups in total. The third-order valence-electron chi connectivity index (χ3n) is 3.60. The van der Waals surface area contributed by atoms with Gasteiger partial charge in [0.2, 0.25) is 0 Å². The molecule has 0 fully saturated rings. The molecule has 0 atom stereocenters. The van der Waals surface area contributed by atoms with Crippen LogP contribution in [0.3, 0.4) is 0 Å². The van der Waals surface area contributed by atoms with Crippen LogP contribution in [0.5, 0.6) is 0 Å². The number of benzene rings is 1. The highest BCUT2D eigenvalue weighted by Gasteiger charge is 2.20. The number of hydrogen-bond acceptors (Lipinski definition) is 3. The van der Waals surface area contributed by atoms with Crippen molar-refractivity contribution >= 4 is 34.6 Å². The second-order valence-corrected chi connectivity index (χ2v) is 5.72. The largest absolute Gasteiger partial charge is 0.371 e. The van der Waals surface area contributed by atoms with Crippen LogP contribution in [0.2, 0.25) is 10.2 Å². The zero-order valence-corrected chi connectivity index (χ0v) is 12.7. The molecular weight excluding hydrogens is 293 g/mol. The average molecular weight is 308 g/mol. The summed E-state index contributed by atoms with van der Waals surface area (Å²) in [6, 6.07) is 10.1. The summed E-state index contributed by atoms with van der Waals surface area (Å²) >= 11 is 12.1. The Balaban J connectivity index is 1.90. The second kappa shape index (κ2) is 5.51. The van der Waals surface area contributed by atoms with E-state index in [4.69, 9.17) is 23.2 Å². The first-order valence-corrected chi connectivity index (χ1v) is 7.26. The Morgan fingerprint density at radius 2 is 1.90 bits per heavy atom. The Labute approximate surface area is 128 Å². The summed E-state index contributed by atoms with van der Waals surface area (Å²) in [4.78, 5) is 8.72. The molecule has 0 aliphatic carbocycles. The number of fused-ring (bicyclic) bond motifs is 1. The number of aromatic nitrogens is 1. The summed E-state index contributed by atoms with van der Waals surface area (Å²) in [6.45, 7) is 2.70. The van der Waals surface area contributed by atoms with E-state index in [0.717, 1.165) is 25.2 Å². The van der Waals surface area contributed by atoms with Gasteiger partial charge in [-0.05, 0) is 18.2 Å². The number of nitrogens with zero attached hydrogens (tertiary/aromatic N) is 3. The van der Waals surface area contributed by atoms with Gasteiger partial charge in [0.25, 0.3) is 0 Å². The Morgan fingerprint density at radius 3 is 2.65 bits per heavy atom. The Kier molecular flexibility index (Phi) is 3.72. The van der Waals surface area contributed by atoms with Gasteiger partial charge in [-0.3, -0.25) is 0 Å². The normalized spacial score (nSPS) is 14.3. The van der Waals surface area contributed by atoms with Gasteiger partial charge in [-0.25, -0.2) is 4.98 Å². The summed E-state index contributed by atoms with van der Waals surface area (Å²) in [5.74, 6) is 0. The van der Waals surface area contributed by atoms with Crippen molar-refractivity contribution in [2.24, 2.45) is 0 Å². The maximum Gasteiger partial charge on any atom is 0.130 e. The van der Waals surface area contributed by atoms with E-state index in [-0.39, 0.29) is 0 Å². The third kappa shape index (κ3) is 2.56. The monoisotopic (exact) mass is 307 g/mol. The predicted molar refractivity (Wildman–Crippen MR) is 85.0 cm³/mol. The fraction of sp³-hybridized carbons (Fsp3) is 0.267. The van der Waals surface area contributed by atoms with Crippen LogP contribution in [-0.2, 0) is 6.54 Å². The molecule has 1 aliphatic rings. The first-order valence-electron chi connectivity index (χ1n) is 6.50. The Morgan fingerprint density at radius 1 is 1.15 bits per heavy atom. The van der Waals surface area contributed by atoms with Gasteiger partial charge in [-0.2, -0.15) is 0 Å². The highest BCUT2D eigenvalue weighted by atomic mass is 35.5. The molecule has 0 unspecified atom stereocenters. The van der Waals surface area contributed by atoms with E-state index in [0.29, 0.717) is 10.2 Å². The van der Waals surface area contributed by atoms with Gasteiger partial charge in [0, 0.05) is 38.4 Å². The van der Waals surface area contributed by atoms with Crippen molar-refractivity contribution < 1.29 is 0 Å². The molecule has 5 heteroatoms. The fourth-order valence-corrected chi connectivity index (χ4v) is 2.91. The summed E-state index contributed by atoms with van der Waals surface area (Å²) in [5.41, 5.74) is 3.47. The smallest absolute Gasteiger partial charge is 0.130 e. The summed E-state index contributed by atoms with van der Waals surface area (Å²) < 4.78 is 0. The number of pyridine rings is 1. The lowest BCUT2D eigenvalue weighted by atomic mass is 10.1. The molecule has 0 radical (unpaired) electrons. The van der Waals surface area contributed by atoms with Crippen LogP contribution in [0, 0.1) is 0 Å². The molecule has 1 aromatic carbocycles. The van der Waals surface area contributed by atoms with Crippen molar-refractivity contribution in [2.45, 2.75) is 6.54 Å². The molecule has 1 aromatic heterocycles. The molecule has 104 valence electrons. The lowest BCUT2D eigenvalue weighted by Gasteiger charge is -2.37. The van der Waals surface area contributed by atoms with Gasteiger partial charge < -0.3 is 9.80 Å². The maximum absolute atomic E-state index is 6.24. The number of rotatable bonds is 2. The molecule has 0 saturated carbocycles. The van der Waals surface area contributed by atoms with Crippen LogP contribution >= 0.6 is 23.2 Å². The van der Waals surface area contributed by atoms with Crippen molar-refractivity contribution in [2.75, 3.05) is 29.9 Å². The van der Waals surface area contributed by atoms with Gasteiger partial charge >= 0.3 is 0 Å². The first kappa shape index (κ1) is 13.5. The van der Waals surface area contributed by atoms with Crippen LogP contribution in [-0.4, -0.2) is 25.1 Å². The standard InChI is InChI=1S/C15H15Cl2N3/c1-19-6-7-20(14-5-3-2-4-13(14)19)10-11-9-18-15(17)8-12(11)16/h2-5,8-9H,6-7,10H2,1H3. The summed E-state index contributed by atoms with van der Waals surface area (Å²) in [7, 11) is 2.12. The minimum absolute atomic E-state index is 0.428. The lowest BCUT2D eigenvalue weighted by Crippen LogP contribution is -2.38. The van der Waals surface area contributed by atoms with Crippen LogP contribution in [0.4, 0.5) is 11.4 Å². The van der Waals surface area contributed by atoms with Crippen molar-refractivity contribution in [3.8, 4) is 0 Å². The zero-order valence-electron chi connectivity index (χ0n) is 11.2. The Hall–Kier alpha value is -1.45. The van der Waals surface area contributed by atoms with Crippen molar-refractivity contribution in [1.29, 1.82) is 0 Å². The molecular formula is C15H15Cl2N3. The highest BCUT2D eigenvalue weighted by molar-refractivity contribution is 6.34. The molecule has 0 spiro atoms. The number of anilines is 2. The van der Waals surface area contributed by atoms with E-state index in [1.807, 2.05) is 0 Å². The minimum atomic E-state index is 0.428. The average Bonchev–Trinajstić information content (AvgIpc) is 2.45. The molecule has 2 heterocycles. The summed E-state index contributed by atoms with van der Waals surface area (Å²) in [6.07, 6.45) is 1.76. The van der Waals surface area contributed by atoms with E-state index in [1.54, 1.807) is 12.3 Å². The van der Waals surface area contributed by atoms with Gasteiger partial charge in [0.15, 0.2) is 0 Å². The van der Waals surface area contributed by atoms with Crippen LogP contribution in [0.25, 0.3) is 0 Å². The zero-order chi connectivity index (χ0) is 14.1. The van der Waals surface area contributed by atoms with Gasteiger partial charge in [0.05, 0.1) is 16.4 Å². The first-order chi connectivity index (χ1) is 9.65. The SMILES string of the molecule is CN1CCN(Cc2cnc(Cl)cc2Cl)c2ccccc21. The van der Waals surface area contributed by atoms with Crippen LogP contribution in [0.15, 0.2) is 36.5 Å². The third-order valence-corrected chi connectivity index (χ3v) is 4.16. The maximum atomic E-state index is 6.24. The number of para-hydroxylation sites is 2. The van der Waals surface area contributed by atoms with E-state index in [2.05, 4.69) is 46.1 Å². The van der Waals surface area contributed by atoms with E-state index in [1.165, 1.54) is 11.4 Å². The van der Waals surface area contributed by atoms with Crippen LogP contribution in [0.1, 0.15) is 5.56 Å². The molecule has 1 aliphatic heterocycles. The molecule has 0 amide bonds. The highest BCUT2D eigenvalue weighted by Crippen LogP contribution is 2.33. The predicted octanol–water partition coefficient (Wildman–Crippen LogP) is 3.84. The second-order valence-electron chi connectivity index (χ2n) is 4.93. The van der Waals surface area contributed by atoms with Crippen molar-refractivity contribution in [3.63, 3.8) is 0 Å². The summed E-state index contributed by atoms with van der Waals surface area (Å²) in [5, 5.41) is 1.10. The number of likely N-dealkylation sites (N-methyl/N-ethyl adjacent to an activating group) is 1. The molecule has 2 aromatic rings.